The first kappa shape index (κ1) is 13.1. The molecule has 0 amide bonds. The van der Waals surface area contributed by atoms with Crippen LogP contribution in [-0.4, -0.2) is 28.5 Å². The fourth-order valence-corrected chi connectivity index (χ4v) is 1.47. The molecule has 1 atom stereocenters. The second-order valence-electron chi connectivity index (χ2n) is 4.09. The average Bonchev–Trinajstić information content (AvgIpc) is 2.28. The van der Waals surface area contributed by atoms with Gasteiger partial charge in [0, 0.05) is 13.6 Å². The number of aromatic nitrogens is 2. The highest BCUT2D eigenvalue weighted by atomic mass is 16.6. The van der Waals surface area contributed by atoms with E-state index in [1.54, 1.807) is 11.9 Å². The maximum atomic E-state index is 10.9. The molecule has 0 saturated heterocycles. The van der Waals surface area contributed by atoms with Crippen LogP contribution in [-0.2, 0) is 0 Å². The third kappa shape index (κ3) is 3.27. The molecule has 0 aromatic carbocycles. The molecule has 17 heavy (non-hydrogen) atoms. The highest BCUT2D eigenvalue weighted by Gasteiger charge is 2.20. The summed E-state index contributed by atoms with van der Waals surface area (Å²) in [5.41, 5.74) is 5.34. The number of nitro groups is 1. The van der Waals surface area contributed by atoms with Crippen LogP contribution in [0.3, 0.4) is 0 Å². The molecule has 0 fully saturated rings. The van der Waals surface area contributed by atoms with Crippen LogP contribution in [0.1, 0.15) is 20.3 Å². The van der Waals surface area contributed by atoms with Crippen LogP contribution < -0.4 is 10.6 Å². The lowest BCUT2D eigenvalue weighted by molar-refractivity contribution is -0.384. The maximum absolute atomic E-state index is 10.9. The second kappa shape index (κ2) is 5.42. The van der Waals surface area contributed by atoms with Crippen molar-refractivity contribution in [2.24, 2.45) is 5.92 Å². The third-order valence-corrected chi connectivity index (χ3v) is 2.61. The Kier molecular flexibility index (Phi) is 4.19. The van der Waals surface area contributed by atoms with E-state index in [1.165, 1.54) is 0 Å². The lowest BCUT2D eigenvalue weighted by atomic mass is 10.1. The van der Waals surface area contributed by atoms with Gasteiger partial charge in [0.25, 0.3) is 0 Å². The molecule has 0 saturated carbocycles. The van der Waals surface area contributed by atoms with Crippen LogP contribution in [0.5, 0.6) is 0 Å². The zero-order valence-corrected chi connectivity index (χ0v) is 10.3. The smallest absolute Gasteiger partial charge is 0.329 e. The third-order valence-electron chi connectivity index (χ3n) is 2.61. The van der Waals surface area contributed by atoms with Crippen molar-refractivity contribution in [1.82, 2.24) is 9.97 Å². The second-order valence-corrected chi connectivity index (χ2v) is 4.09. The minimum absolute atomic E-state index is 0.0431. The Labute approximate surface area is 99.8 Å². The van der Waals surface area contributed by atoms with Crippen LogP contribution in [0.2, 0.25) is 0 Å². The van der Waals surface area contributed by atoms with Crippen molar-refractivity contribution in [3.63, 3.8) is 0 Å². The molecule has 1 unspecified atom stereocenters. The summed E-state index contributed by atoms with van der Waals surface area (Å²) in [6, 6.07) is 0. The van der Waals surface area contributed by atoms with Crippen molar-refractivity contribution in [2.45, 2.75) is 20.3 Å². The summed E-state index contributed by atoms with van der Waals surface area (Å²) >= 11 is 0. The number of nitrogen functional groups attached to an aromatic ring is 1. The van der Waals surface area contributed by atoms with Crippen LogP contribution in [0.25, 0.3) is 0 Å². The van der Waals surface area contributed by atoms with E-state index in [0.717, 1.165) is 12.6 Å². The molecule has 1 rings (SSSR count). The average molecular weight is 239 g/mol. The van der Waals surface area contributed by atoms with Gasteiger partial charge in [0.1, 0.15) is 6.20 Å². The molecule has 0 aliphatic carbocycles. The number of nitrogens with zero attached hydrogens (tertiary/aromatic N) is 4. The lowest BCUT2D eigenvalue weighted by Gasteiger charge is -2.21. The van der Waals surface area contributed by atoms with Gasteiger partial charge in [-0.05, 0) is 5.92 Å². The molecule has 94 valence electrons. The lowest BCUT2D eigenvalue weighted by Crippen LogP contribution is -2.25. The van der Waals surface area contributed by atoms with Crippen molar-refractivity contribution < 1.29 is 4.92 Å². The highest BCUT2D eigenvalue weighted by Crippen LogP contribution is 2.25. The zero-order chi connectivity index (χ0) is 13.0. The highest BCUT2D eigenvalue weighted by molar-refractivity contribution is 5.57. The van der Waals surface area contributed by atoms with Gasteiger partial charge in [-0.25, -0.2) is 4.98 Å². The molecular formula is C10H17N5O2. The Morgan fingerprint density at radius 3 is 2.82 bits per heavy atom. The number of hydrogen-bond acceptors (Lipinski definition) is 6. The number of hydrogen-bond donors (Lipinski definition) is 1. The van der Waals surface area contributed by atoms with Crippen LogP contribution >= 0.6 is 0 Å². The first-order chi connectivity index (χ1) is 7.95. The van der Waals surface area contributed by atoms with E-state index in [1.807, 2.05) is 0 Å². The molecule has 1 aromatic rings. The van der Waals surface area contributed by atoms with Gasteiger partial charge in [-0.1, -0.05) is 20.3 Å². The summed E-state index contributed by atoms with van der Waals surface area (Å²) in [5.74, 6) is 0.736. The molecule has 1 aromatic heterocycles. The molecule has 0 aliphatic rings. The van der Waals surface area contributed by atoms with Gasteiger partial charge >= 0.3 is 5.69 Å². The van der Waals surface area contributed by atoms with E-state index in [2.05, 4.69) is 23.8 Å². The van der Waals surface area contributed by atoms with Crippen molar-refractivity contribution in [1.29, 1.82) is 0 Å². The summed E-state index contributed by atoms with van der Waals surface area (Å²) in [5, 5.41) is 10.9. The Balaban J connectivity index is 3.02. The van der Waals surface area contributed by atoms with E-state index in [4.69, 9.17) is 5.73 Å². The molecule has 7 nitrogen and oxygen atoms in total. The fourth-order valence-electron chi connectivity index (χ4n) is 1.47. The Hall–Kier alpha value is -1.92. The standard InChI is InChI=1S/C10H17N5O2/c1-4-7(2)6-14(3)9-8(15(16)17)5-12-10(11)13-9/h5,7H,4,6H2,1-3H3,(H2,11,12,13). The molecule has 0 radical (unpaired) electrons. The van der Waals surface area contributed by atoms with E-state index in [0.29, 0.717) is 12.5 Å². The summed E-state index contributed by atoms with van der Waals surface area (Å²) < 4.78 is 0. The molecule has 7 heteroatoms. The van der Waals surface area contributed by atoms with Gasteiger partial charge in [-0.2, -0.15) is 4.98 Å². The van der Waals surface area contributed by atoms with Gasteiger partial charge in [-0.15, -0.1) is 0 Å². The Morgan fingerprint density at radius 2 is 2.29 bits per heavy atom. The Bertz CT molecular complexity index is 410. The quantitative estimate of drug-likeness (QED) is 0.616. The number of rotatable bonds is 5. The molecule has 1 heterocycles. The van der Waals surface area contributed by atoms with E-state index >= 15 is 0 Å². The van der Waals surface area contributed by atoms with E-state index in [-0.39, 0.29) is 17.5 Å². The number of nitrogens with two attached hydrogens (primary N) is 1. The van der Waals surface area contributed by atoms with Gasteiger partial charge in [0.15, 0.2) is 0 Å². The minimum Gasteiger partial charge on any atom is -0.368 e. The SMILES string of the molecule is CCC(C)CN(C)c1nc(N)ncc1[N+](=O)[O-]. The van der Waals surface area contributed by atoms with Gasteiger partial charge in [0.05, 0.1) is 4.92 Å². The van der Waals surface area contributed by atoms with Crippen molar-refractivity contribution in [3.05, 3.63) is 16.3 Å². The first-order valence-electron chi connectivity index (χ1n) is 5.43. The molecule has 0 aliphatic heterocycles. The first-order valence-corrected chi connectivity index (χ1v) is 5.43. The Morgan fingerprint density at radius 1 is 1.65 bits per heavy atom. The van der Waals surface area contributed by atoms with Crippen LogP contribution in [0.15, 0.2) is 6.20 Å². The summed E-state index contributed by atoms with van der Waals surface area (Å²) in [6.07, 6.45) is 2.14. The van der Waals surface area contributed by atoms with Crippen molar-refractivity contribution in [2.75, 3.05) is 24.2 Å². The molecular weight excluding hydrogens is 222 g/mol. The van der Waals surface area contributed by atoms with Crippen molar-refractivity contribution >= 4 is 17.5 Å². The minimum atomic E-state index is -0.498. The predicted molar refractivity (Wildman–Crippen MR) is 65.8 cm³/mol. The topological polar surface area (TPSA) is 98.2 Å². The summed E-state index contributed by atoms with van der Waals surface area (Å²) in [4.78, 5) is 19.7. The fraction of sp³-hybridized carbons (Fsp3) is 0.600. The summed E-state index contributed by atoms with van der Waals surface area (Å²) in [7, 11) is 1.76. The zero-order valence-electron chi connectivity index (χ0n) is 10.3. The van der Waals surface area contributed by atoms with Gasteiger partial charge < -0.3 is 10.6 Å². The van der Waals surface area contributed by atoms with E-state index in [9.17, 15) is 10.1 Å². The predicted octanol–water partition coefficient (Wildman–Crippen LogP) is 1.45. The van der Waals surface area contributed by atoms with Crippen LogP contribution in [0.4, 0.5) is 17.5 Å². The largest absolute Gasteiger partial charge is 0.368 e. The monoisotopic (exact) mass is 239 g/mol. The molecule has 0 bridgehead atoms. The van der Waals surface area contributed by atoms with Gasteiger partial charge in [-0.3, -0.25) is 10.1 Å². The maximum Gasteiger partial charge on any atom is 0.329 e. The molecule has 2 N–H and O–H groups in total. The molecule has 0 spiro atoms. The number of anilines is 2. The van der Waals surface area contributed by atoms with E-state index < -0.39 is 4.92 Å². The normalized spacial score (nSPS) is 12.2. The summed E-state index contributed by atoms with van der Waals surface area (Å²) in [6.45, 7) is 4.84. The van der Waals surface area contributed by atoms with Crippen molar-refractivity contribution in [3.8, 4) is 0 Å². The van der Waals surface area contributed by atoms with Gasteiger partial charge in [0.2, 0.25) is 11.8 Å². The van der Waals surface area contributed by atoms with Crippen LogP contribution in [0, 0.1) is 16.0 Å².